The van der Waals surface area contributed by atoms with Crippen molar-refractivity contribution in [3.63, 3.8) is 0 Å². The van der Waals surface area contributed by atoms with Gasteiger partial charge in [-0.05, 0) is 0 Å². The Morgan fingerprint density at radius 1 is 0.375 bits per heavy atom. The summed E-state index contributed by atoms with van der Waals surface area (Å²) in [5.41, 5.74) is 0. The van der Waals surface area contributed by atoms with Crippen LogP contribution in [0.15, 0.2) is 0 Å². The first-order chi connectivity index (χ1) is 3.00. The zero-order valence-corrected chi connectivity index (χ0v) is 6.69. The SMILES string of the molecule is C1CCCCC1.Cl.Cl. The van der Waals surface area contributed by atoms with Gasteiger partial charge in [-0.25, -0.2) is 0 Å². The fraction of sp³-hybridized carbons (Fsp3) is 1.00. The van der Waals surface area contributed by atoms with E-state index in [4.69, 9.17) is 0 Å². The zero-order valence-electron chi connectivity index (χ0n) is 5.06. The summed E-state index contributed by atoms with van der Waals surface area (Å²) in [6.45, 7) is 0. The first-order valence-electron chi connectivity index (χ1n) is 3.00. The average molecular weight is 157 g/mol. The second-order valence-corrected chi connectivity index (χ2v) is 2.12. The van der Waals surface area contributed by atoms with Crippen molar-refractivity contribution in [2.75, 3.05) is 0 Å². The molecule has 0 spiro atoms. The molecule has 1 aliphatic rings. The van der Waals surface area contributed by atoms with E-state index in [0.29, 0.717) is 0 Å². The number of hydrogen-bond acceptors (Lipinski definition) is 0. The van der Waals surface area contributed by atoms with Gasteiger partial charge < -0.3 is 0 Å². The molecular weight excluding hydrogens is 143 g/mol. The molecule has 1 fully saturated rings. The summed E-state index contributed by atoms with van der Waals surface area (Å²) in [6.07, 6.45) is 9.00. The summed E-state index contributed by atoms with van der Waals surface area (Å²) in [5.74, 6) is 0. The van der Waals surface area contributed by atoms with Crippen LogP contribution in [-0.4, -0.2) is 0 Å². The molecule has 0 bridgehead atoms. The molecule has 0 amide bonds. The van der Waals surface area contributed by atoms with Gasteiger partial charge in [0.05, 0.1) is 0 Å². The Labute approximate surface area is 63.9 Å². The molecule has 1 saturated carbocycles. The molecule has 0 N–H and O–H groups in total. The van der Waals surface area contributed by atoms with Crippen molar-refractivity contribution in [2.24, 2.45) is 0 Å². The van der Waals surface area contributed by atoms with Gasteiger partial charge in [0.2, 0.25) is 0 Å². The Bertz CT molecular complexity index is 22.0. The lowest BCUT2D eigenvalue weighted by Gasteiger charge is -2.05. The van der Waals surface area contributed by atoms with Gasteiger partial charge in [0.1, 0.15) is 0 Å². The van der Waals surface area contributed by atoms with Crippen LogP contribution in [0.3, 0.4) is 0 Å². The lowest BCUT2D eigenvalue weighted by atomic mass is 10.0. The van der Waals surface area contributed by atoms with Gasteiger partial charge in [-0.15, -0.1) is 24.8 Å². The average Bonchev–Trinajstić information content (AvgIpc) is 1.72. The van der Waals surface area contributed by atoms with Gasteiger partial charge in [0, 0.05) is 0 Å². The van der Waals surface area contributed by atoms with Crippen LogP contribution >= 0.6 is 24.8 Å². The summed E-state index contributed by atoms with van der Waals surface area (Å²) in [4.78, 5) is 0. The molecule has 2 heteroatoms. The van der Waals surface area contributed by atoms with Crippen LogP contribution in [0.25, 0.3) is 0 Å². The van der Waals surface area contributed by atoms with Crippen LogP contribution in [0.4, 0.5) is 0 Å². The van der Waals surface area contributed by atoms with Gasteiger partial charge in [-0.2, -0.15) is 0 Å². The fourth-order valence-electron chi connectivity index (χ4n) is 1.06. The molecule has 0 atom stereocenters. The third-order valence-electron chi connectivity index (χ3n) is 1.50. The van der Waals surface area contributed by atoms with Crippen LogP contribution in [0, 0.1) is 0 Å². The number of hydrogen-bond donors (Lipinski definition) is 0. The Morgan fingerprint density at radius 3 is 0.625 bits per heavy atom. The molecule has 8 heavy (non-hydrogen) atoms. The van der Waals surface area contributed by atoms with E-state index in [0.717, 1.165) is 0 Å². The highest BCUT2D eigenvalue weighted by Gasteiger charge is 1.95. The van der Waals surface area contributed by atoms with Crippen LogP contribution in [0.5, 0.6) is 0 Å². The van der Waals surface area contributed by atoms with Crippen molar-refractivity contribution in [1.82, 2.24) is 0 Å². The van der Waals surface area contributed by atoms with E-state index in [1.54, 1.807) is 0 Å². The number of rotatable bonds is 0. The molecule has 1 rings (SSSR count). The predicted octanol–water partition coefficient (Wildman–Crippen LogP) is 3.18. The largest absolute Gasteiger partial charge is 0.147 e. The summed E-state index contributed by atoms with van der Waals surface area (Å²) >= 11 is 0. The molecular formula is C6H14Cl2. The van der Waals surface area contributed by atoms with Gasteiger partial charge in [0.25, 0.3) is 0 Å². The van der Waals surface area contributed by atoms with Crippen LogP contribution in [0.1, 0.15) is 38.5 Å². The highest BCUT2D eigenvalue weighted by Crippen LogP contribution is 2.15. The minimum Gasteiger partial charge on any atom is -0.147 e. The van der Waals surface area contributed by atoms with Crippen LogP contribution in [0.2, 0.25) is 0 Å². The van der Waals surface area contributed by atoms with E-state index >= 15 is 0 Å². The summed E-state index contributed by atoms with van der Waals surface area (Å²) in [7, 11) is 0. The molecule has 0 heterocycles. The van der Waals surface area contributed by atoms with E-state index < -0.39 is 0 Å². The molecule has 0 aromatic carbocycles. The minimum atomic E-state index is 0. The molecule has 0 unspecified atom stereocenters. The molecule has 0 saturated heterocycles. The fourth-order valence-corrected chi connectivity index (χ4v) is 1.06. The highest BCUT2D eigenvalue weighted by molar-refractivity contribution is 5.85. The smallest absolute Gasteiger partial charge is 0.0533 e. The van der Waals surface area contributed by atoms with Gasteiger partial charge >= 0.3 is 0 Å². The topological polar surface area (TPSA) is 0 Å². The zero-order chi connectivity index (χ0) is 4.24. The van der Waals surface area contributed by atoms with E-state index in [-0.39, 0.29) is 24.8 Å². The van der Waals surface area contributed by atoms with E-state index in [9.17, 15) is 0 Å². The molecule has 0 nitrogen and oxygen atoms in total. The Morgan fingerprint density at radius 2 is 0.500 bits per heavy atom. The van der Waals surface area contributed by atoms with E-state index in [1.165, 1.54) is 38.5 Å². The molecule has 1 aliphatic carbocycles. The monoisotopic (exact) mass is 156 g/mol. The summed E-state index contributed by atoms with van der Waals surface area (Å²) in [6, 6.07) is 0. The lowest BCUT2D eigenvalue weighted by molar-refractivity contribution is 0.504. The molecule has 0 aliphatic heterocycles. The van der Waals surface area contributed by atoms with Crippen molar-refractivity contribution in [3.05, 3.63) is 0 Å². The predicted molar refractivity (Wildman–Crippen MR) is 42.2 cm³/mol. The van der Waals surface area contributed by atoms with Crippen molar-refractivity contribution < 1.29 is 0 Å². The Kier molecular flexibility index (Phi) is 10.8. The Balaban J connectivity index is 0. The van der Waals surface area contributed by atoms with E-state index in [1.807, 2.05) is 0 Å². The highest BCUT2D eigenvalue weighted by atomic mass is 35.5. The minimum absolute atomic E-state index is 0. The normalized spacial score (nSPS) is 18.0. The Hall–Kier alpha value is 0.580. The van der Waals surface area contributed by atoms with Gasteiger partial charge in [-0.1, -0.05) is 38.5 Å². The third-order valence-corrected chi connectivity index (χ3v) is 1.50. The maximum Gasteiger partial charge on any atom is -0.0533 e. The maximum atomic E-state index is 1.50. The van der Waals surface area contributed by atoms with Crippen molar-refractivity contribution >= 4 is 24.8 Å². The lowest BCUT2D eigenvalue weighted by Crippen LogP contribution is -1.85. The molecule has 52 valence electrons. The van der Waals surface area contributed by atoms with Gasteiger partial charge in [0.15, 0.2) is 0 Å². The summed E-state index contributed by atoms with van der Waals surface area (Å²) < 4.78 is 0. The van der Waals surface area contributed by atoms with Crippen molar-refractivity contribution in [1.29, 1.82) is 0 Å². The molecule has 0 aromatic heterocycles. The van der Waals surface area contributed by atoms with Crippen LogP contribution < -0.4 is 0 Å². The standard InChI is InChI=1S/C6H12.2ClH/c1-2-4-6-5-3-1;;/h1-6H2;2*1H. The second kappa shape index (κ2) is 7.58. The van der Waals surface area contributed by atoms with Crippen LogP contribution in [-0.2, 0) is 0 Å². The summed E-state index contributed by atoms with van der Waals surface area (Å²) in [5, 5.41) is 0. The van der Waals surface area contributed by atoms with Crippen molar-refractivity contribution in [3.8, 4) is 0 Å². The van der Waals surface area contributed by atoms with Crippen molar-refractivity contribution in [2.45, 2.75) is 38.5 Å². The second-order valence-electron chi connectivity index (χ2n) is 2.12. The third kappa shape index (κ3) is 4.73. The first kappa shape index (κ1) is 11.4. The maximum absolute atomic E-state index is 1.50. The quantitative estimate of drug-likeness (QED) is 0.506. The first-order valence-corrected chi connectivity index (χ1v) is 3.00. The van der Waals surface area contributed by atoms with E-state index in [2.05, 4.69) is 0 Å². The number of halogens is 2. The molecule has 0 aromatic rings. The van der Waals surface area contributed by atoms with Gasteiger partial charge in [-0.3, -0.25) is 0 Å². The molecule has 0 radical (unpaired) electrons.